The standard InChI is InChI=1S/C23H23F3N2O2S/c1-3-4-11-20-27-13-18(15(2)21(22(29)30)19-10-7-12-31-19)28(20)14-16-8-5-6-9-17(16)23(24,25)26/h5-10,12-13H,3-4,11,14H2,1-2H3,(H,29,30)/b21-15-. The maximum Gasteiger partial charge on any atom is 0.416 e. The fourth-order valence-electron chi connectivity index (χ4n) is 3.53. The number of halogens is 3. The van der Waals surface area contributed by atoms with E-state index < -0.39 is 17.7 Å². The minimum absolute atomic E-state index is 0.0429. The quantitative estimate of drug-likeness (QED) is 0.408. The molecule has 0 radical (unpaired) electrons. The lowest BCUT2D eigenvalue weighted by Crippen LogP contribution is -2.15. The average Bonchev–Trinajstić information content (AvgIpc) is 3.36. The first-order valence-electron chi connectivity index (χ1n) is 9.92. The number of aliphatic carboxylic acids is 1. The number of aromatic nitrogens is 2. The second-order valence-electron chi connectivity index (χ2n) is 7.19. The van der Waals surface area contributed by atoms with E-state index in [1.54, 1.807) is 41.3 Å². The van der Waals surface area contributed by atoms with Crippen LogP contribution in [0.15, 0.2) is 48.0 Å². The lowest BCUT2D eigenvalue weighted by Gasteiger charge is -2.17. The average molecular weight is 449 g/mol. The van der Waals surface area contributed by atoms with E-state index in [-0.39, 0.29) is 17.7 Å². The Morgan fingerprint density at radius 1 is 1.19 bits per heavy atom. The summed E-state index contributed by atoms with van der Waals surface area (Å²) in [5.41, 5.74) is 0.521. The van der Waals surface area contributed by atoms with Crippen LogP contribution < -0.4 is 0 Å². The van der Waals surface area contributed by atoms with Crippen LogP contribution in [0.4, 0.5) is 13.2 Å². The number of thiophene rings is 1. The molecule has 3 aromatic rings. The van der Waals surface area contributed by atoms with E-state index in [2.05, 4.69) is 4.98 Å². The van der Waals surface area contributed by atoms with Gasteiger partial charge in [-0.3, -0.25) is 0 Å². The molecule has 0 saturated carbocycles. The van der Waals surface area contributed by atoms with Gasteiger partial charge in [-0.15, -0.1) is 11.3 Å². The number of carboxylic acid groups (broad SMARTS) is 1. The Labute approximate surface area is 182 Å². The van der Waals surface area contributed by atoms with Crippen molar-refractivity contribution >= 4 is 28.5 Å². The first kappa shape index (κ1) is 22.8. The lowest BCUT2D eigenvalue weighted by atomic mass is 10.0. The molecule has 2 aromatic heterocycles. The number of alkyl halides is 3. The lowest BCUT2D eigenvalue weighted by molar-refractivity contribution is -0.138. The van der Waals surface area contributed by atoms with Gasteiger partial charge in [0.2, 0.25) is 0 Å². The maximum absolute atomic E-state index is 13.5. The second-order valence-corrected chi connectivity index (χ2v) is 8.13. The third kappa shape index (κ3) is 5.07. The van der Waals surface area contributed by atoms with E-state index in [0.717, 1.165) is 18.9 Å². The zero-order valence-corrected chi connectivity index (χ0v) is 18.1. The number of carbonyl (C=O) groups is 1. The highest BCUT2D eigenvalue weighted by Crippen LogP contribution is 2.34. The summed E-state index contributed by atoms with van der Waals surface area (Å²) in [6.07, 6.45) is -0.579. The number of hydrogen-bond acceptors (Lipinski definition) is 3. The number of imidazole rings is 1. The van der Waals surface area contributed by atoms with Gasteiger partial charge < -0.3 is 9.67 Å². The van der Waals surface area contributed by atoms with Gasteiger partial charge in [0.05, 0.1) is 23.0 Å². The number of benzene rings is 1. The Kier molecular flexibility index (Phi) is 7.00. The molecule has 0 aliphatic rings. The molecule has 4 nitrogen and oxygen atoms in total. The first-order valence-corrected chi connectivity index (χ1v) is 10.8. The summed E-state index contributed by atoms with van der Waals surface area (Å²) in [4.78, 5) is 17.0. The number of unbranched alkanes of at least 4 members (excludes halogenated alkanes) is 1. The molecule has 1 N–H and O–H groups in total. The Morgan fingerprint density at radius 2 is 1.94 bits per heavy atom. The fraction of sp³-hybridized carbons (Fsp3) is 0.304. The molecule has 0 amide bonds. The van der Waals surface area contributed by atoms with Crippen molar-refractivity contribution in [1.29, 1.82) is 0 Å². The molecule has 0 aliphatic carbocycles. The van der Waals surface area contributed by atoms with Gasteiger partial charge in [-0.05, 0) is 42.0 Å². The molecule has 3 rings (SSSR count). The van der Waals surface area contributed by atoms with E-state index >= 15 is 0 Å². The highest BCUT2D eigenvalue weighted by molar-refractivity contribution is 7.11. The van der Waals surface area contributed by atoms with Gasteiger partial charge in [-0.2, -0.15) is 13.2 Å². The number of allylic oxidation sites excluding steroid dienone is 1. The van der Waals surface area contributed by atoms with Crippen LogP contribution in [0.3, 0.4) is 0 Å². The molecular formula is C23H23F3N2O2S. The Morgan fingerprint density at radius 3 is 2.55 bits per heavy atom. The SMILES string of the molecule is CCCCc1ncc(/C(C)=C(\C(=O)O)c2cccs2)n1Cc1ccccc1C(F)(F)F. The zero-order chi connectivity index (χ0) is 22.6. The predicted molar refractivity (Wildman–Crippen MR) is 116 cm³/mol. The molecule has 1 aromatic carbocycles. The van der Waals surface area contributed by atoms with Crippen molar-refractivity contribution in [3.63, 3.8) is 0 Å². The van der Waals surface area contributed by atoms with E-state index in [0.29, 0.717) is 28.4 Å². The highest BCUT2D eigenvalue weighted by Gasteiger charge is 2.33. The molecule has 0 aliphatic heterocycles. The van der Waals surface area contributed by atoms with Crippen molar-refractivity contribution in [3.05, 3.63) is 75.5 Å². The van der Waals surface area contributed by atoms with Gasteiger partial charge in [-0.1, -0.05) is 37.6 Å². The van der Waals surface area contributed by atoms with Crippen molar-refractivity contribution < 1.29 is 23.1 Å². The Balaban J connectivity index is 2.16. The van der Waals surface area contributed by atoms with Gasteiger partial charge in [-0.25, -0.2) is 9.78 Å². The topological polar surface area (TPSA) is 55.1 Å². The maximum atomic E-state index is 13.5. The number of rotatable bonds is 8. The number of carboxylic acids is 1. The van der Waals surface area contributed by atoms with Crippen LogP contribution in [-0.4, -0.2) is 20.6 Å². The second kappa shape index (κ2) is 9.51. The van der Waals surface area contributed by atoms with Crippen molar-refractivity contribution in [2.45, 2.75) is 45.8 Å². The van der Waals surface area contributed by atoms with Crippen LogP contribution in [0, 0.1) is 0 Å². The minimum atomic E-state index is -4.48. The molecule has 0 fully saturated rings. The van der Waals surface area contributed by atoms with Gasteiger partial charge in [0.15, 0.2) is 0 Å². The van der Waals surface area contributed by atoms with Crippen LogP contribution in [0.1, 0.15) is 54.2 Å². The number of nitrogens with zero attached hydrogens (tertiary/aromatic N) is 2. The first-order chi connectivity index (χ1) is 14.7. The number of aryl methyl sites for hydroxylation is 1. The van der Waals surface area contributed by atoms with E-state index in [4.69, 9.17) is 0 Å². The monoisotopic (exact) mass is 448 g/mol. The summed E-state index contributed by atoms with van der Waals surface area (Å²) in [5, 5.41) is 11.6. The molecule has 8 heteroatoms. The van der Waals surface area contributed by atoms with Crippen LogP contribution >= 0.6 is 11.3 Å². The molecule has 0 unspecified atom stereocenters. The van der Waals surface area contributed by atoms with Gasteiger partial charge in [0.25, 0.3) is 0 Å². The third-order valence-electron chi connectivity index (χ3n) is 5.08. The van der Waals surface area contributed by atoms with E-state index in [9.17, 15) is 23.1 Å². The molecule has 164 valence electrons. The van der Waals surface area contributed by atoms with Gasteiger partial charge in [0, 0.05) is 17.8 Å². The smallest absolute Gasteiger partial charge is 0.416 e. The van der Waals surface area contributed by atoms with Crippen molar-refractivity contribution in [1.82, 2.24) is 9.55 Å². The Hall–Kier alpha value is -2.87. The van der Waals surface area contributed by atoms with Gasteiger partial charge in [0.1, 0.15) is 5.82 Å². The van der Waals surface area contributed by atoms with Crippen molar-refractivity contribution in [2.24, 2.45) is 0 Å². The van der Waals surface area contributed by atoms with Crippen LogP contribution in [-0.2, 0) is 23.9 Å². The fourth-order valence-corrected chi connectivity index (χ4v) is 4.35. The van der Waals surface area contributed by atoms with Crippen LogP contribution in [0.5, 0.6) is 0 Å². The van der Waals surface area contributed by atoms with Crippen LogP contribution in [0.2, 0.25) is 0 Å². The number of hydrogen-bond donors (Lipinski definition) is 1. The van der Waals surface area contributed by atoms with Crippen molar-refractivity contribution in [2.75, 3.05) is 0 Å². The summed E-state index contributed by atoms with van der Waals surface area (Å²) in [6, 6.07) is 8.93. The normalized spacial score (nSPS) is 12.7. The third-order valence-corrected chi connectivity index (χ3v) is 5.97. The molecular weight excluding hydrogens is 425 g/mol. The zero-order valence-electron chi connectivity index (χ0n) is 17.2. The van der Waals surface area contributed by atoms with Crippen molar-refractivity contribution in [3.8, 4) is 0 Å². The largest absolute Gasteiger partial charge is 0.478 e. The summed E-state index contributed by atoms with van der Waals surface area (Å²) in [5.74, 6) is -0.442. The van der Waals surface area contributed by atoms with E-state index in [1.807, 2.05) is 6.92 Å². The minimum Gasteiger partial charge on any atom is -0.478 e. The van der Waals surface area contributed by atoms with E-state index in [1.165, 1.54) is 23.5 Å². The summed E-state index contributed by atoms with van der Waals surface area (Å²) < 4.78 is 42.4. The molecule has 31 heavy (non-hydrogen) atoms. The Bertz CT molecular complexity index is 1080. The highest BCUT2D eigenvalue weighted by atomic mass is 32.1. The summed E-state index contributed by atoms with van der Waals surface area (Å²) in [6.45, 7) is 3.66. The summed E-state index contributed by atoms with van der Waals surface area (Å²) in [7, 11) is 0. The predicted octanol–water partition coefficient (Wildman–Crippen LogP) is 6.37. The van der Waals surface area contributed by atoms with Crippen LogP contribution in [0.25, 0.3) is 11.1 Å². The molecule has 0 spiro atoms. The molecule has 0 saturated heterocycles. The summed E-state index contributed by atoms with van der Waals surface area (Å²) >= 11 is 1.30. The molecule has 2 heterocycles. The van der Waals surface area contributed by atoms with Gasteiger partial charge >= 0.3 is 12.1 Å². The molecule has 0 atom stereocenters. The molecule has 0 bridgehead atoms.